The van der Waals surface area contributed by atoms with E-state index >= 15 is 0 Å². The van der Waals surface area contributed by atoms with Crippen molar-refractivity contribution >= 4 is 22.6 Å². The summed E-state index contributed by atoms with van der Waals surface area (Å²) in [5.74, 6) is -0.560. The molecule has 0 saturated heterocycles. The fraction of sp³-hybridized carbons (Fsp3) is 0.625. The molecule has 0 bridgehead atoms. The van der Waals surface area contributed by atoms with Crippen molar-refractivity contribution in [2.75, 3.05) is 5.32 Å². The normalized spacial score (nSPS) is 12.8. The van der Waals surface area contributed by atoms with Crippen molar-refractivity contribution in [3.8, 4) is 0 Å². The number of aliphatic carboxylic acids is 1. The molecule has 14 heavy (non-hydrogen) atoms. The largest absolute Gasteiger partial charge is 0.481 e. The van der Waals surface area contributed by atoms with E-state index in [0.717, 1.165) is 0 Å². The highest BCUT2D eigenvalue weighted by atomic mass is 32.1. The molecule has 1 aromatic rings. The summed E-state index contributed by atoms with van der Waals surface area (Å²) in [7, 11) is 0. The van der Waals surface area contributed by atoms with Crippen molar-refractivity contribution in [3.05, 3.63) is 6.33 Å². The second-order valence-corrected chi connectivity index (χ2v) is 4.12. The zero-order valence-corrected chi connectivity index (χ0v) is 8.91. The van der Waals surface area contributed by atoms with E-state index in [4.69, 9.17) is 5.11 Å². The fourth-order valence-electron chi connectivity index (χ4n) is 1.04. The molecule has 1 heterocycles. The third-order valence-electron chi connectivity index (χ3n) is 1.87. The van der Waals surface area contributed by atoms with E-state index in [1.807, 2.05) is 13.8 Å². The fourth-order valence-corrected chi connectivity index (χ4v) is 1.53. The number of carbonyl (C=O) groups is 1. The van der Waals surface area contributed by atoms with Gasteiger partial charge in [-0.15, -0.1) is 0 Å². The second-order valence-electron chi connectivity index (χ2n) is 3.34. The van der Waals surface area contributed by atoms with Crippen molar-refractivity contribution in [1.29, 1.82) is 0 Å². The molecule has 0 aliphatic carbocycles. The van der Waals surface area contributed by atoms with Crippen LogP contribution in [0, 0.1) is 5.92 Å². The molecule has 0 amide bonds. The molecule has 1 rings (SSSR count). The van der Waals surface area contributed by atoms with Crippen LogP contribution < -0.4 is 5.32 Å². The highest BCUT2D eigenvalue weighted by molar-refractivity contribution is 7.09. The first kappa shape index (κ1) is 10.9. The molecule has 0 fully saturated rings. The summed E-state index contributed by atoms with van der Waals surface area (Å²) in [6.07, 6.45) is 1.54. The Labute approximate surface area is 86.3 Å². The summed E-state index contributed by atoms with van der Waals surface area (Å²) < 4.78 is 3.83. The topological polar surface area (TPSA) is 75.1 Å². The quantitative estimate of drug-likeness (QED) is 0.777. The van der Waals surface area contributed by atoms with E-state index < -0.39 is 5.97 Å². The smallest absolute Gasteiger partial charge is 0.305 e. The second kappa shape index (κ2) is 4.90. The predicted molar refractivity (Wildman–Crippen MR) is 54.4 cm³/mol. The molecule has 1 atom stereocenters. The first-order valence-corrected chi connectivity index (χ1v) is 5.12. The first-order valence-electron chi connectivity index (χ1n) is 4.34. The number of hydrogen-bond acceptors (Lipinski definition) is 5. The van der Waals surface area contributed by atoms with Crippen LogP contribution in [0.2, 0.25) is 0 Å². The van der Waals surface area contributed by atoms with Gasteiger partial charge in [-0.2, -0.15) is 4.37 Å². The monoisotopic (exact) mass is 215 g/mol. The van der Waals surface area contributed by atoms with E-state index in [0.29, 0.717) is 5.13 Å². The lowest BCUT2D eigenvalue weighted by atomic mass is 10.0. The van der Waals surface area contributed by atoms with Crippen molar-refractivity contribution in [2.24, 2.45) is 5.92 Å². The molecule has 0 aliphatic rings. The number of nitrogens with one attached hydrogen (secondary N) is 1. The zero-order valence-electron chi connectivity index (χ0n) is 8.10. The van der Waals surface area contributed by atoms with Gasteiger partial charge in [-0.05, 0) is 5.92 Å². The van der Waals surface area contributed by atoms with Crippen LogP contribution in [0.5, 0.6) is 0 Å². The number of carboxylic acid groups (broad SMARTS) is 1. The molecule has 78 valence electrons. The van der Waals surface area contributed by atoms with Crippen molar-refractivity contribution in [2.45, 2.75) is 26.3 Å². The summed E-state index contributed by atoms with van der Waals surface area (Å²) in [6, 6.07) is -0.0968. The summed E-state index contributed by atoms with van der Waals surface area (Å²) in [5.41, 5.74) is 0. The van der Waals surface area contributed by atoms with Gasteiger partial charge >= 0.3 is 5.97 Å². The summed E-state index contributed by atoms with van der Waals surface area (Å²) in [6.45, 7) is 3.95. The number of rotatable bonds is 5. The third-order valence-corrected chi connectivity index (χ3v) is 2.47. The predicted octanol–water partition coefficient (Wildman–Crippen LogP) is 1.45. The Morgan fingerprint density at radius 3 is 2.86 bits per heavy atom. The van der Waals surface area contributed by atoms with Crippen LogP contribution in [0.25, 0.3) is 0 Å². The average molecular weight is 215 g/mol. The third kappa shape index (κ3) is 3.29. The lowest BCUT2D eigenvalue weighted by Gasteiger charge is -2.19. The van der Waals surface area contributed by atoms with E-state index in [9.17, 15) is 4.79 Å². The van der Waals surface area contributed by atoms with Crippen LogP contribution in [-0.4, -0.2) is 26.5 Å². The summed E-state index contributed by atoms with van der Waals surface area (Å²) in [4.78, 5) is 14.5. The number of hydrogen-bond donors (Lipinski definition) is 2. The Morgan fingerprint density at radius 2 is 2.43 bits per heavy atom. The van der Waals surface area contributed by atoms with Crippen LogP contribution in [-0.2, 0) is 4.79 Å². The highest BCUT2D eigenvalue weighted by Crippen LogP contribution is 2.15. The van der Waals surface area contributed by atoms with Gasteiger partial charge in [0.05, 0.1) is 6.42 Å². The highest BCUT2D eigenvalue weighted by Gasteiger charge is 2.17. The van der Waals surface area contributed by atoms with E-state index in [-0.39, 0.29) is 18.4 Å². The minimum Gasteiger partial charge on any atom is -0.481 e. The molecule has 1 aromatic heterocycles. The van der Waals surface area contributed by atoms with Crippen LogP contribution in [0.3, 0.4) is 0 Å². The van der Waals surface area contributed by atoms with Gasteiger partial charge in [0.15, 0.2) is 0 Å². The maximum Gasteiger partial charge on any atom is 0.305 e. The van der Waals surface area contributed by atoms with E-state index in [1.165, 1.54) is 17.9 Å². The van der Waals surface area contributed by atoms with Gasteiger partial charge in [0.2, 0.25) is 5.13 Å². The lowest BCUT2D eigenvalue weighted by Crippen LogP contribution is -2.28. The van der Waals surface area contributed by atoms with Gasteiger partial charge in [-0.3, -0.25) is 4.79 Å². The van der Waals surface area contributed by atoms with Crippen molar-refractivity contribution in [1.82, 2.24) is 9.36 Å². The molecule has 0 aliphatic heterocycles. The molecule has 0 aromatic carbocycles. The van der Waals surface area contributed by atoms with Crippen molar-refractivity contribution < 1.29 is 9.90 Å². The molecule has 5 nitrogen and oxygen atoms in total. The zero-order chi connectivity index (χ0) is 10.6. The Morgan fingerprint density at radius 1 is 1.71 bits per heavy atom. The summed E-state index contributed by atoms with van der Waals surface area (Å²) in [5, 5.41) is 12.4. The number of aromatic nitrogens is 2. The lowest BCUT2D eigenvalue weighted by molar-refractivity contribution is -0.137. The SMILES string of the molecule is CC(C)C(CC(=O)O)Nc1ncns1. The molecular formula is C8H13N3O2S. The number of nitrogens with zero attached hydrogens (tertiary/aromatic N) is 2. The Kier molecular flexibility index (Phi) is 3.82. The number of carboxylic acids is 1. The van der Waals surface area contributed by atoms with Gasteiger partial charge < -0.3 is 10.4 Å². The maximum atomic E-state index is 10.6. The molecule has 2 N–H and O–H groups in total. The minimum atomic E-state index is -0.805. The van der Waals surface area contributed by atoms with Crippen LogP contribution in [0.15, 0.2) is 6.33 Å². The molecular weight excluding hydrogens is 202 g/mol. The first-order chi connectivity index (χ1) is 6.59. The molecule has 6 heteroatoms. The molecule has 0 radical (unpaired) electrons. The van der Waals surface area contributed by atoms with Gasteiger partial charge in [0, 0.05) is 17.6 Å². The van der Waals surface area contributed by atoms with Crippen LogP contribution in [0.4, 0.5) is 5.13 Å². The molecule has 1 unspecified atom stereocenters. The Hall–Kier alpha value is -1.17. The Bertz CT molecular complexity index is 287. The van der Waals surface area contributed by atoms with Gasteiger partial charge in [-0.1, -0.05) is 13.8 Å². The van der Waals surface area contributed by atoms with Gasteiger partial charge in [-0.25, -0.2) is 4.98 Å². The Balaban J connectivity index is 2.56. The summed E-state index contributed by atoms with van der Waals surface area (Å²) >= 11 is 1.23. The van der Waals surface area contributed by atoms with E-state index in [2.05, 4.69) is 14.7 Å². The van der Waals surface area contributed by atoms with Gasteiger partial charge in [0.1, 0.15) is 6.33 Å². The van der Waals surface area contributed by atoms with Crippen LogP contribution in [0.1, 0.15) is 20.3 Å². The molecule has 0 saturated carbocycles. The van der Waals surface area contributed by atoms with Gasteiger partial charge in [0.25, 0.3) is 0 Å². The van der Waals surface area contributed by atoms with E-state index in [1.54, 1.807) is 0 Å². The maximum absolute atomic E-state index is 10.6. The van der Waals surface area contributed by atoms with Crippen molar-refractivity contribution in [3.63, 3.8) is 0 Å². The minimum absolute atomic E-state index is 0.0945. The van der Waals surface area contributed by atoms with Crippen LogP contribution >= 0.6 is 11.5 Å². The number of anilines is 1. The molecule has 0 spiro atoms. The average Bonchev–Trinajstić information content (AvgIpc) is 2.54. The standard InChI is InChI=1S/C8H13N3O2S/c1-5(2)6(3-7(12)13)11-8-9-4-10-14-8/h4-6H,3H2,1-2H3,(H,12,13)(H,9,10,11).